The molecule has 0 unspecified atom stereocenters. The van der Waals surface area contributed by atoms with Crippen LogP contribution in [0.4, 0.5) is 0 Å². The zero-order chi connectivity index (χ0) is 25.6. The minimum absolute atomic E-state index is 0.0136. The topological polar surface area (TPSA) is 120 Å². The van der Waals surface area contributed by atoms with Crippen LogP contribution in [-0.2, 0) is 41.0 Å². The summed E-state index contributed by atoms with van der Waals surface area (Å²) in [6.45, 7) is 1.35. The molecule has 1 amide bonds. The molecule has 0 spiro atoms. The highest BCUT2D eigenvalue weighted by molar-refractivity contribution is 7.91. The average Bonchev–Trinajstić information content (AvgIpc) is 3.33. The van der Waals surface area contributed by atoms with E-state index < -0.39 is 25.0 Å². The summed E-state index contributed by atoms with van der Waals surface area (Å²) in [7, 11) is -4.36. The zero-order valence-corrected chi connectivity index (χ0v) is 21.5. The van der Waals surface area contributed by atoms with Crippen LogP contribution in [0, 0.1) is 0 Å². The van der Waals surface area contributed by atoms with Crippen molar-refractivity contribution >= 4 is 26.0 Å². The van der Waals surface area contributed by atoms with Gasteiger partial charge in [0.25, 0.3) is 0 Å². The van der Waals surface area contributed by atoms with Crippen LogP contribution in [0.5, 0.6) is 5.75 Å². The normalized spacial score (nSPS) is 16.4. The Morgan fingerprint density at radius 2 is 1.69 bits per heavy atom. The van der Waals surface area contributed by atoms with Gasteiger partial charge in [-0.3, -0.25) is 4.79 Å². The number of benzene rings is 2. The lowest BCUT2D eigenvalue weighted by Crippen LogP contribution is -2.38. The van der Waals surface area contributed by atoms with Crippen LogP contribution in [0.15, 0.2) is 58.3 Å². The molecule has 0 saturated carbocycles. The quantitative estimate of drug-likeness (QED) is 0.407. The minimum Gasteiger partial charge on any atom is -0.379 e. The number of carbonyl (C=O) groups excluding carboxylic acids is 1. The Labute approximate surface area is 206 Å². The van der Waals surface area contributed by atoms with Crippen molar-refractivity contribution < 1.29 is 35.3 Å². The predicted octanol–water partition coefficient (Wildman–Crippen LogP) is 1.86. The molecule has 0 aliphatic carbocycles. The Hall–Kier alpha value is -2.51. The second-order valence-corrected chi connectivity index (χ2v) is 11.9. The molecule has 2 aromatic rings. The molecule has 0 bridgehead atoms. The molecule has 0 aromatic heterocycles. The Morgan fingerprint density at radius 1 is 1.03 bits per heavy atom. The third kappa shape index (κ3) is 6.79. The van der Waals surface area contributed by atoms with E-state index in [0.717, 1.165) is 22.7 Å². The molecule has 1 fully saturated rings. The van der Waals surface area contributed by atoms with Gasteiger partial charge in [0.05, 0.1) is 6.10 Å². The third-order valence-electron chi connectivity index (χ3n) is 5.45. The fourth-order valence-corrected chi connectivity index (χ4v) is 6.21. The summed E-state index contributed by atoms with van der Waals surface area (Å²) >= 11 is 0. The number of rotatable bonds is 11. The second-order valence-electron chi connectivity index (χ2n) is 8.26. The summed E-state index contributed by atoms with van der Waals surface area (Å²) in [6.07, 6.45) is 1.81. The number of hydrogen-bond donors (Lipinski definition) is 0. The van der Waals surface area contributed by atoms with Crippen LogP contribution < -0.4 is 4.18 Å². The van der Waals surface area contributed by atoms with Crippen LogP contribution in [0.25, 0.3) is 0 Å². The highest BCUT2D eigenvalue weighted by Crippen LogP contribution is 2.26. The fraction of sp³-hybridized carbons (Fsp3) is 0.435. The number of hydrogen-bond acceptors (Lipinski definition) is 8. The van der Waals surface area contributed by atoms with Crippen LogP contribution >= 0.6 is 0 Å². The van der Waals surface area contributed by atoms with E-state index in [2.05, 4.69) is 0 Å². The van der Waals surface area contributed by atoms with Gasteiger partial charge in [0.2, 0.25) is 15.9 Å². The molecule has 0 N–H and O–H groups in total. The van der Waals surface area contributed by atoms with Gasteiger partial charge in [0, 0.05) is 40.9 Å². The first-order valence-corrected chi connectivity index (χ1v) is 13.8. The predicted molar refractivity (Wildman–Crippen MR) is 128 cm³/mol. The first-order valence-electron chi connectivity index (χ1n) is 11.0. The fourth-order valence-electron chi connectivity index (χ4n) is 3.61. The van der Waals surface area contributed by atoms with Gasteiger partial charge in [-0.1, -0.05) is 24.3 Å². The SMILES string of the molecule is COCC(=O)N(Cc1ccc(OS(=O)(=O)c2ccccc2S(=O)(=O)N(C)C)cc1)C[C@@H]1CCCO1. The van der Waals surface area contributed by atoms with Crippen molar-refractivity contribution in [1.82, 2.24) is 9.21 Å². The molecule has 1 saturated heterocycles. The van der Waals surface area contributed by atoms with Gasteiger partial charge in [-0.05, 0) is 42.7 Å². The Kier molecular flexibility index (Phi) is 8.89. The molecule has 192 valence electrons. The van der Waals surface area contributed by atoms with Crippen molar-refractivity contribution in [2.45, 2.75) is 35.3 Å². The summed E-state index contributed by atoms with van der Waals surface area (Å²) in [4.78, 5) is 13.3. The molecule has 2 aromatic carbocycles. The van der Waals surface area contributed by atoms with E-state index in [4.69, 9.17) is 13.7 Å². The van der Waals surface area contributed by atoms with Gasteiger partial charge in [0.15, 0.2) is 0 Å². The van der Waals surface area contributed by atoms with E-state index in [-0.39, 0.29) is 29.3 Å². The summed E-state index contributed by atoms with van der Waals surface area (Å²) < 4.78 is 67.8. The number of methoxy groups -OCH3 is 1. The van der Waals surface area contributed by atoms with E-state index in [1.54, 1.807) is 17.0 Å². The maximum absolute atomic E-state index is 12.9. The van der Waals surface area contributed by atoms with Crippen molar-refractivity contribution in [3.8, 4) is 5.75 Å². The van der Waals surface area contributed by atoms with Crippen molar-refractivity contribution in [2.75, 3.05) is 41.0 Å². The van der Waals surface area contributed by atoms with Gasteiger partial charge in [-0.2, -0.15) is 8.42 Å². The number of ether oxygens (including phenoxy) is 2. The molecule has 3 rings (SSSR count). The van der Waals surface area contributed by atoms with Crippen molar-refractivity contribution in [3.05, 3.63) is 54.1 Å². The van der Waals surface area contributed by atoms with Gasteiger partial charge in [-0.25, -0.2) is 12.7 Å². The lowest BCUT2D eigenvalue weighted by atomic mass is 10.1. The maximum atomic E-state index is 12.9. The molecular weight excluding hydrogens is 496 g/mol. The molecule has 12 heteroatoms. The number of sulfonamides is 1. The monoisotopic (exact) mass is 526 g/mol. The largest absolute Gasteiger partial charge is 0.379 e. The summed E-state index contributed by atoms with van der Waals surface area (Å²) in [5.41, 5.74) is 0.757. The molecule has 1 heterocycles. The summed E-state index contributed by atoms with van der Waals surface area (Å²) in [5, 5.41) is 0. The third-order valence-corrected chi connectivity index (χ3v) is 8.76. The van der Waals surface area contributed by atoms with E-state index in [9.17, 15) is 21.6 Å². The first kappa shape index (κ1) is 27.1. The standard InChI is InChI=1S/C23H30N2O8S2/c1-24(2)34(27,28)21-8-4-5-9-22(21)35(29,30)33-19-12-10-18(11-13-19)15-25(23(26)17-31-3)16-20-7-6-14-32-20/h4-5,8-13,20H,6-7,14-17H2,1-3H3/t20-/m0/s1. The van der Waals surface area contributed by atoms with Crippen LogP contribution in [0.3, 0.4) is 0 Å². The maximum Gasteiger partial charge on any atom is 0.340 e. The van der Waals surface area contributed by atoms with Crippen molar-refractivity contribution in [1.29, 1.82) is 0 Å². The lowest BCUT2D eigenvalue weighted by molar-refractivity contribution is -0.137. The van der Waals surface area contributed by atoms with Gasteiger partial charge >= 0.3 is 10.1 Å². The number of carbonyl (C=O) groups is 1. The highest BCUT2D eigenvalue weighted by atomic mass is 32.2. The van der Waals surface area contributed by atoms with Crippen molar-refractivity contribution in [2.24, 2.45) is 0 Å². The van der Waals surface area contributed by atoms with Crippen LogP contribution in [0.2, 0.25) is 0 Å². The Morgan fingerprint density at radius 3 is 2.26 bits per heavy atom. The zero-order valence-electron chi connectivity index (χ0n) is 19.9. The first-order chi connectivity index (χ1) is 16.5. The van der Waals surface area contributed by atoms with Gasteiger partial charge in [-0.15, -0.1) is 0 Å². The molecule has 1 aliphatic heterocycles. The summed E-state index contributed by atoms with van der Waals surface area (Å²) in [5.74, 6) is -0.163. The highest BCUT2D eigenvalue weighted by Gasteiger charge is 2.29. The Bertz CT molecular complexity index is 1220. The van der Waals surface area contributed by atoms with Gasteiger partial charge < -0.3 is 18.6 Å². The van der Waals surface area contributed by atoms with E-state index >= 15 is 0 Å². The van der Waals surface area contributed by atoms with Crippen LogP contribution in [-0.4, -0.2) is 79.0 Å². The van der Waals surface area contributed by atoms with Crippen LogP contribution in [0.1, 0.15) is 18.4 Å². The summed E-state index contributed by atoms with van der Waals surface area (Å²) in [6, 6.07) is 11.5. The molecule has 35 heavy (non-hydrogen) atoms. The second kappa shape index (κ2) is 11.5. The number of nitrogens with zero attached hydrogens (tertiary/aromatic N) is 2. The minimum atomic E-state index is -4.44. The lowest BCUT2D eigenvalue weighted by Gasteiger charge is -2.25. The molecule has 10 nitrogen and oxygen atoms in total. The molecule has 1 atom stereocenters. The van der Waals surface area contributed by atoms with E-state index in [1.165, 1.54) is 57.6 Å². The molecular formula is C23H30N2O8S2. The van der Waals surface area contributed by atoms with Crippen molar-refractivity contribution in [3.63, 3.8) is 0 Å². The number of amides is 1. The Balaban J connectivity index is 1.77. The molecule has 1 aliphatic rings. The van der Waals surface area contributed by atoms with E-state index in [0.29, 0.717) is 19.7 Å². The smallest absolute Gasteiger partial charge is 0.340 e. The van der Waals surface area contributed by atoms with Gasteiger partial charge in [0.1, 0.15) is 22.1 Å². The van der Waals surface area contributed by atoms with E-state index in [1.807, 2.05) is 0 Å². The average molecular weight is 527 g/mol. The molecule has 0 radical (unpaired) electrons.